The van der Waals surface area contributed by atoms with Gasteiger partial charge in [-0.25, -0.2) is 9.78 Å². The van der Waals surface area contributed by atoms with Crippen LogP contribution in [-0.4, -0.2) is 58.6 Å². The Kier molecular flexibility index (Phi) is 5.79. The van der Waals surface area contributed by atoms with Crippen molar-refractivity contribution < 1.29 is 14.3 Å². The van der Waals surface area contributed by atoms with Gasteiger partial charge >= 0.3 is 6.09 Å². The molecule has 2 amide bonds. The van der Waals surface area contributed by atoms with Crippen LogP contribution in [0.3, 0.4) is 0 Å². The van der Waals surface area contributed by atoms with E-state index in [1.807, 2.05) is 28.9 Å². The Balaban J connectivity index is 1.53. The van der Waals surface area contributed by atoms with Gasteiger partial charge in [0, 0.05) is 38.2 Å². The van der Waals surface area contributed by atoms with Crippen LogP contribution in [0.5, 0.6) is 0 Å². The van der Waals surface area contributed by atoms with Crippen LogP contribution in [-0.2, 0) is 4.74 Å². The minimum absolute atomic E-state index is 0.0377. The maximum atomic E-state index is 12.6. The van der Waals surface area contributed by atoms with Crippen molar-refractivity contribution >= 4 is 12.0 Å². The summed E-state index contributed by atoms with van der Waals surface area (Å²) >= 11 is 0. The minimum atomic E-state index is -0.418. The van der Waals surface area contributed by atoms with Gasteiger partial charge in [0.15, 0.2) is 0 Å². The molecule has 0 bridgehead atoms. The lowest BCUT2D eigenvalue weighted by atomic mass is 9.91. The van der Waals surface area contributed by atoms with Gasteiger partial charge in [0.25, 0.3) is 5.91 Å². The Labute approximate surface area is 155 Å². The molecule has 6 heteroatoms. The quantitative estimate of drug-likeness (QED) is 0.730. The summed E-state index contributed by atoms with van der Waals surface area (Å²) in [6.07, 6.45) is 5.78. The zero-order valence-electron chi connectivity index (χ0n) is 15.9. The van der Waals surface area contributed by atoms with Gasteiger partial charge in [-0.1, -0.05) is 32.3 Å². The monoisotopic (exact) mass is 359 g/mol. The SMILES string of the molecule is CCCCCCN1CC2(CCN(C(=O)c3cccc(C)n3)CC2)OC1=O. The van der Waals surface area contributed by atoms with Crippen molar-refractivity contribution in [2.75, 3.05) is 26.2 Å². The molecule has 3 heterocycles. The number of carbonyl (C=O) groups excluding carboxylic acids is 2. The lowest BCUT2D eigenvalue weighted by molar-refractivity contribution is 0.00296. The highest BCUT2D eigenvalue weighted by molar-refractivity contribution is 5.92. The molecule has 26 heavy (non-hydrogen) atoms. The number of unbranched alkanes of at least 4 members (excludes halogenated alkanes) is 3. The number of pyridine rings is 1. The van der Waals surface area contributed by atoms with E-state index >= 15 is 0 Å². The van der Waals surface area contributed by atoms with Crippen LogP contribution in [0.15, 0.2) is 18.2 Å². The van der Waals surface area contributed by atoms with Crippen molar-refractivity contribution in [3.8, 4) is 0 Å². The van der Waals surface area contributed by atoms with Crippen molar-refractivity contribution in [2.45, 2.75) is 58.0 Å². The normalized spacial score (nSPS) is 19.1. The van der Waals surface area contributed by atoms with Crippen molar-refractivity contribution in [1.29, 1.82) is 0 Å². The molecule has 1 spiro atoms. The number of hydrogen-bond acceptors (Lipinski definition) is 4. The molecule has 6 nitrogen and oxygen atoms in total. The predicted molar refractivity (Wildman–Crippen MR) is 99.0 cm³/mol. The Morgan fingerprint density at radius 1 is 1.23 bits per heavy atom. The van der Waals surface area contributed by atoms with Gasteiger partial charge in [0.1, 0.15) is 11.3 Å². The first-order valence-electron chi connectivity index (χ1n) is 9.74. The Bertz CT molecular complexity index is 653. The number of carbonyl (C=O) groups is 2. The van der Waals surface area contributed by atoms with Crippen molar-refractivity contribution in [2.24, 2.45) is 0 Å². The molecule has 1 aromatic rings. The average molecular weight is 359 g/mol. The Hall–Kier alpha value is -2.11. The average Bonchev–Trinajstić information content (AvgIpc) is 2.94. The number of ether oxygens (including phenoxy) is 1. The third-order valence-electron chi connectivity index (χ3n) is 5.39. The van der Waals surface area contributed by atoms with Crippen LogP contribution < -0.4 is 0 Å². The molecular weight excluding hydrogens is 330 g/mol. The number of rotatable bonds is 6. The number of piperidine rings is 1. The number of nitrogens with zero attached hydrogens (tertiary/aromatic N) is 3. The highest BCUT2D eigenvalue weighted by Crippen LogP contribution is 2.33. The van der Waals surface area contributed by atoms with Gasteiger partial charge in [0.2, 0.25) is 0 Å². The number of hydrogen-bond donors (Lipinski definition) is 0. The molecule has 142 valence electrons. The summed E-state index contributed by atoms with van der Waals surface area (Å²) in [5.74, 6) is -0.0377. The fourth-order valence-electron chi connectivity index (χ4n) is 3.80. The molecule has 2 fully saturated rings. The summed E-state index contributed by atoms with van der Waals surface area (Å²) < 4.78 is 5.75. The van der Waals surface area contributed by atoms with E-state index in [9.17, 15) is 9.59 Å². The number of likely N-dealkylation sites (tertiary alicyclic amines) is 1. The van der Waals surface area contributed by atoms with Crippen LogP contribution in [0.2, 0.25) is 0 Å². The molecule has 0 saturated carbocycles. The van der Waals surface area contributed by atoms with E-state index in [0.717, 1.165) is 25.1 Å². The summed E-state index contributed by atoms with van der Waals surface area (Å²) in [6, 6.07) is 5.50. The summed E-state index contributed by atoms with van der Waals surface area (Å²) in [4.78, 5) is 32.8. The molecule has 2 aliphatic rings. The molecule has 0 aliphatic carbocycles. The van der Waals surface area contributed by atoms with Crippen LogP contribution in [0, 0.1) is 6.92 Å². The van der Waals surface area contributed by atoms with Crippen LogP contribution in [0.4, 0.5) is 4.79 Å². The van der Waals surface area contributed by atoms with Gasteiger partial charge in [-0.15, -0.1) is 0 Å². The van der Waals surface area contributed by atoms with Crippen molar-refractivity contribution in [3.63, 3.8) is 0 Å². The summed E-state index contributed by atoms with van der Waals surface area (Å²) in [5.41, 5.74) is 0.910. The first-order valence-corrected chi connectivity index (χ1v) is 9.74. The molecule has 0 atom stereocenters. The maximum absolute atomic E-state index is 12.6. The first-order chi connectivity index (χ1) is 12.5. The molecule has 1 aromatic heterocycles. The lowest BCUT2D eigenvalue weighted by Crippen LogP contribution is -2.49. The zero-order valence-corrected chi connectivity index (χ0v) is 15.9. The van der Waals surface area contributed by atoms with Crippen molar-refractivity contribution in [1.82, 2.24) is 14.8 Å². The van der Waals surface area contributed by atoms with E-state index in [4.69, 9.17) is 4.74 Å². The molecule has 0 unspecified atom stereocenters. The highest BCUT2D eigenvalue weighted by Gasteiger charge is 2.47. The summed E-state index contributed by atoms with van der Waals surface area (Å²) in [5, 5.41) is 0. The van der Waals surface area contributed by atoms with Gasteiger partial charge in [-0.2, -0.15) is 0 Å². The fraction of sp³-hybridized carbons (Fsp3) is 0.650. The molecule has 3 rings (SSSR count). The zero-order chi connectivity index (χ0) is 18.6. The molecule has 0 radical (unpaired) electrons. The largest absolute Gasteiger partial charge is 0.441 e. The van der Waals surface area contributed by atoms with E-state index in [0.29, 0.717) is 38.2 Å². The van der Waals surface area contributed by atoms with Gasteiger partial charge in [-0.3, -0.25) is 4.79 Å². The Morgan fingerprint density at radius 2 is 2.00 bits per heavy atom. The second-order valence-corrected chi connectivity index (χ2v) is 7.49. The highest BCUT2D eigenvalue weighted by atomic mass is 16.6. The van der Waals surface area contributed by atoms with E-state index in [2.05, 4.69) is 11.9 Å². The van der Waals surface area contributed by atoms with Crippen LogP contribution >= 0.6 is 0 Å². The molecule has 2 saturated heterocycles. The Morgan fingerprint density at radius 3 is 2.69 bits per heavy atom. The van der Waals surface area contributed by atoms with Crippen LogP contribution in [0.25, 0.3) is 0 Å². The molecular formula is C20H29N3O3. The van der Waals surface area contributed by atoms with Gasteiger partial charge in [-0.05, 0) is 25.5 Å². The third-order valence-corrected chi connectivity index (χ3v) is 5.39. The minimum Gasteiger partial charge on any atom is -0.441 e. The number of aromatic nitrogens is 1. The summed E-state index contributed by atoms with van der Waals surface area (Å²) in [6.45, 7) is 6.70. The van der Waals surface area contributed by atoms with E-state index in [-0.39, 0.29) is 12.0 Å². The third kappa shape index (κ3) is 4.17. The molecule has 0 N–H and O–H groups in total. The topological polar surface area (TPSA) is 62.7 Å². The van der Waals surface area contributed by atoms with E-state index < -0.39 is 5.60 Å². The standard InChI is InChI=1S/C20H29N3O3/c1-3-4-5-6-12-23-15-20(26-19(23)25)10-13-22(14-11-20)18(24)17-9-7-8-16(2)21-17/h7-9H,3-6,10-15H2,1-2H3. The number of amides is 2. The van der Waals surface area contributed by atoms with Crippen LogP contribution in [0.1, 0.15) is 61.6 Å². The molecule has 0 aromatic carbocycles. The predicted octanol–water partition coefficient (Wildman–Crippen LogP) is 3.40. The smallest absolute Gasteiger partial charge is 0.410 e. The second-order valence-electron chi connectivity index (χ2n) is 7.49. The first kappa shape index (κ1) is 18.7. The lowest BCUT2D eigenvalue weighted by Gasteiger charge is -2.37. The van der Waals surface area contributed by atoms with Gasteiger partial charge in [0.05, 0.1) is 6.54 Å². The summed E-state index contributed by atoms with van der Waals surface area (Å²) in [7, 11) is 0. The van der Waals surface area contributed by atoms with E-state index in [1.54, 1.807) is 6.07 Å². The number of aryl methyl sites for hydroxylation is 1. The molecule has 2 aliphatic heterocycles. The van der Waals surface area contributed by atoms with E-state index in [1.165, 1.54) is 12.8 Å². The van der Waals surface area contributed by atoms with Crippen molar-refractivity contribution in [3.05, 3.63) is 29.6 Å². The maximum Gasteiger partial charge on any atom is 0.410 e. The fourth-order valence-corrected chi connectivity index (χ4v) is 3.80. The van der Waals surface area contributed by atoms with Gasteiger partial charge < -0.3 is 14.5 Å². The second kappa shape index (κ2) is 8.06.